The highest BCUT2D eigenvalue weighted by Gasteiger charge is 2.22. The highest BCUT2D eigenvalue weighted by Crippen LogP contribution is 2.25. The topological polar surface area (TPSA) is 45.7 Å². The van der Waals surface area contributed by atoms with Gasteiger partial charge in [0.1, 0.15) is 11.6 Å². The van der Waals surface area contributed by atoms with Crippen molar-refractivity contribution in [1.29, 1.82) is 0 Å². The van der Waals surface area contributed by atoms with Gasteiger partial charge in [-0.15, -0.1) is 0 Å². The molecule has 1 heterocycles. The van der Waals surface area contributed by atoms with Gasteiger partial charge in [0.2, 0.25) is 0 Å². The van der Waals surface area contributed by atoms with Crippen LogP contribution in [0.4, 0.5) is 11.5 Å². The monoisotopic (exact) mass is 403 g/mol. The molecule has 0 spiro atoms. The van der Waals surface area contributed by atoms with E-state index in [1.54, 1.807) is 17.2 Å². The minimum absolute atomic E-state index is 0.134. The highest BCUT2D eigenvalue weighted by atomic mass is 16.5. The maximum atomic E-state index is 13.5. The molecular formula is C25H29N3O2. The molecule has 0 N–H and O–H groups in total. The van der Waals surface area contributed by atoms with Crippen LogP contribution in [0.25, 0.3) is 0 Å². The third-order valence-electron chi connectivity index (χ3n) is 4.99. The maximum absolute atomic E-state index is 13.5. The van der Waals surface area contributed by atoms with Gasteiger partial charge in [0, 0.05) is 25.0 Å². The quantitative estimate of drug-likeness (QED) is 0.494. The number of para-hydroxylation sites is 1. The van der Waals surface area contributed by atoms with Crippen molar-refractivity contribution in [3.63, 3.8) is 0 Å². The molecule has 1 aromatic heterocycles. The maximum Gasteiger partial charge on any atom is 0.263 e. The summed E-state index contributed by atoms with van der Waals surface area (Å²) in [7, 11) is 0. The molecule has 30 heavy (non-hydrogen) atoms. The molecule has 0 aliphatic carbocycles. The van der Waals surface area contributed by atoms with E-state index in [1.807, 2.05) is 43.3 Å². The van der Waals surface area contributed by atoms with E-state index in [2.05, 4.69) is 48.0 Å². The number of ether oxygens (including phenoxy) is 1. The van der Waals surface area contributed by atoms with Crippen LogP contribution in [-0.2, 0) is 6.54 Å². The first-order valence-corrected chi connectivity index (χ1v) is 10.5. The lowest BCUT2D eigenvalue weighted by molar-refractivity contribution is 0.0980. The van der Waals surface area contributed by atoms with Crippen molar-refractivity contribution in [1.82, 2.24) is 4.98 Å². The fraction of sp³-hybridized carbons (Fsp3) is 0.280. The normalized spacial score (nSPS) is 10.5. The van der Waals surface area contributed by atoms with Crippen LogP contribution < -0.4 is 14.5 Å². The van der Waals surface area contributed by atoms with Crippen LogP contribution >= 0.6 is 0 Å². The second-order valence-electron chi connectivity index (χ2n) is 6.85. The molecule has 0 aliphatic rings. The fourth-order valence-corrected chi connectivity index (χ4v) is 3.42. The molecule has 3 rings (SSSR count). The lowest BCUT2D eigenvalue weighted by Gasteiger charge is -2.24. The summed E-state index contributed by atoms with van der Waals surface area (Å²) in [5, 5.41) is 0. The summed E-state index contributed by atoms with van der Waals surface area (Å²) in [5.41, 5.74) is 2.75. The summed E-state index contributed by atoms with van der Waals surface area (Å²) < 4.78 is 5.69. The molecule has 156 valence electrons. The van der Waals surface area contributed by atoms with E-state index >= 15 is 0 Å². The van der Waals surface area contributed by atoms with Crippen molar-refractivity contribution >= 4 is 17.4 Å². The molecule has 0 saturated heterocycles. The van der Waals surface area contributed by atoms with Crippen molar-refractivity contribution < 1.29 is 9.53 Å². The van der Waals surface area contributed by atoms with Gasteiger partial charge in [-0.2, -0.15) is 0 Å². The van der Waals surface area contributed by atoms with Crippen LogP contribution in [0.1, 0.15) is 36.7 Å². The lowest BCUT2D eigenvalue weighted by Crippen LogP contribution is -2.31. The first-order chi connectivity index (χ1) is 14.7. The number of amides is 1. The van der Waals surface area contributed by atoms with Crippen LogP contribution in [0.3, 0.4) is 0 Å². The smallest absolute Gasteiger partial charge is 0.263 e. The molecule has 5 nitrogen and oxygen atoms in total. The number of rotatable bonds is 9. The molecule has 5 heteroatoms. The molecular weight excluding hydrogens is 374 g/mol. The number of aromatic nitrogens is 1. The van der Waals surface area contributed by atoms with Gasteiger partial charge in [-0.1, -0.05) is 30.3 Å². The zero-order chi connectivity index (χ0) is 21.3. The van der Waals surface area contributed by atoms with Crippen LogP contribution in [-0.4, -0.2) is 30.6 Å². The summed E-state index contributed by atoms with van der Waals surface area (Å²) in [6.07, 6.45) is 1.70. The largest absolute Gasteiger partial charge is 0.493 e. The Bertz CT molecular complexity index is 938. The molecule has 1 amide bonds. The molecule has 2 aromatic carbocycles. The van der Waals surface area contributed by atoms with Crippen LogP contribution in [0.2, 0.25) is 0 Å². The van der Waals surface area contributed by atoms with Crippen molar-refractivity contribution in [2.24, 2.45) is 0 Å². The Morgan fingerprint density at radius 3 is 2.23 bits per heavy atom. The number of nitrogens with zero attached hydrogens (tertiary/aromatic N) is 3. The van der Waals surface area contributed by atoms with Crippen LogP contribution in [0, 0.1) is 0 Å². The average Bonchev–Trinajstić information content (AvgIpc) is 2.80. The Kier molecular flexibility index (Phi) is 7.44. The Hall–Kier alpha value is -3.34. The summed E-state index contributed by atoms with van der Waals surface area (Å²) in [5.74, 6) is 1.06. The summed E-state index contributed by atoms with van der Waals surface area (Å²) in [6, 6.07) is 21.3. The SMILES string of the molecule is CCOc1ccccc1C(=O)N(Cc1ccc(N(CC)CC)cc1)c1ccccn1. The van der Waals surface area contributed by atoms with Crippen LogP contribution in [0.5, 0.6) is 5.75 Å². The van der Waals surface area contributed by atoms with Gasteiger partial charge in [-0.05, 0) is 62.7 Å². The third kappa shape index (κ3) is 4.98. The minimum atomic E-state index is -0.134. The minimum Gasteiger partial charge on any atom is -0.493 e. The Balaban J connectivity index is 1.92. The summed E-state index contributed by atoms with van der Waals surface area (Å²) >= 11 is 0. The molecule has 0 aliphatic heterocycles. The zero-order valence-electron chi connectivity index (χ0n) is 17.9. The van der Waals surface area contributed by atoms with Crippen molar-refractivity contribution in [3.8, 4) is 5.75 Å². The standard InChI is InChI=1S/C25H29N3O2/c1-4-27(5-2)21-16-14-20(15-17-21)19-28(24-13-9-10-18-26-24)25(29)22-11-7-8-12-23(22)30-6-3/h7-18H,4-6,19H2,1-3H3. The van der Waals surface area contributed by atoms with E-state index in [1.165, 1.54) is 5.69 Å². The molecule has 0 radical (unpaired) electrons. The Labute approximate surface area is 178 Å². The highest BCUT2D eigenvalue weighted by molar-refractivity contribution is 6.07. The van der Waals surface area contributed by atoms with E-state index in [-0.39, 0.29) is 5.91 Å². The summed E-state index contributed by atoms with van der Waals surface area (Å²) in [6.45, 7) is 9.05. The first-order valence-electron chi connectivity index (χ1n) is 10.5. The molecule has 0 atom stereocenters. The number of hydrogen-bond acceptors (Lipinski definition) is 4. The predicted octanol–water partition coefficient (Wildman–Crippen LogP) is 5.17. The van der Waals surface area contributed by atoms with Gasteiger partial charge in [-0.25, -0.2) is 4.98 Å². The number of carbonyl (C=O) groups is 1. The van der Waals surface area contributed by atoms with Crippen molar-refractivity contribution in [2.45, 2.75) is 27.3 Å². The number of hydrogen-bond donors (Lipinski definition) is 0. The van der Waals surface area contributed by atoms with E-state index < -0.39 is 0 Å². The molecule has 0 bridgehead atoms. The number of carbonyl (C=O) groups excluding carboxylic acids is 1. The van der Waals surface area contributed by atoms with E-state index in [4.69, 9.17) is 4.74 Å². The second-order valence-corrected chi connectivity index (χ2v) is 6.85. The molecule has 3 aromatic rings. The van der Waals surface area contributed by atoms with Gasteiger partial charge in [-0.3, -0.25) is 9.69 Å². The average molecular weight is 404 g/mol. The second kappa shape index (κ2) is 10.4. The Morgan fingerprint density at radius 1 is 0.900 bits per heavy atom. The predicted molar refractivity (Wildman–Crippen MR) is 122 cm³/mol. The first kappa shape index (κ1) is 21.4. The number of pyridine rings is 1. The zero-order valence-corrected chi connectivity index (χ0v) is 17.9. The molecule has 0 fully saturated rings. The van der Waals surface area contributed by atoms with E-state index in [9.17, 15) is 4.79 Å². The van der Waals surface area contributed by atoms with E-state index in [0.717, 1.165) is 18.7 Å². The van der Waals surface area contributed by atoms with E-state index in [0.29, 0.717) is 30.3 Å². The Morgan fingerprint density at radius 2 is 1.60 bits per heavy atom. The van der Waals surface area contributed by atoms with Crippen molar-refractivity contribution in [2.75, 3.05) is 29.5 Å². The fourth-order valence-electron chi connectivity index (χ4n) is 3.42. The molecule has 0 saturated carbocycles. The van der Waals surface area contributed by atoms with Crippen molar-refractivity contribution in [3.05, 3.63) is 84.1 Å². The number of benzene rings is 2. The van der Waals surface area contributed by atoms with Gasteiger partial charge < -0.3 is 9.64 Å². The van der Waals surface area contributed by atoms with Gasteiger partial charge >= 0.3 is 0 Å². The van der Waals surface area contributed by atoms with Gasteiger partial charge in [0.05, 0.1) is 18.7 Å². The third-order valence-corrected chi connectivity index (χ3v) is 4.99. The van der Waals surface area contributed by atoms with Gasteiger partial charge in [0.15, 0.2) is 0 Å². The van der Waals surface area contributed by atoms with Crippen LogP contribution in [0.15, 0.2) is 72.9 Å². The lowest BCUT2D eigenvalue weighted by atomic mass is 10.1. The molecule has 0 unspecified atom stereocenters. The van der Waals surface area contributed by atoms with Gasteiger partial charge in [0.25, 0.3) is 5.91 Å². The summed E-state index contributed by atoms with van der Waals surface area (Å²) in [4.78, 5) is 21.9. The number of anilines is 2.